The molecule has 1 aliphatic rings. The lowest BCUT2D eigenvalue weighted by molar-refractivity contribution is 0.140. The summed E-state index contributed by atoms with van der Waals surface area (Å²) in [6.45, 7) is 4.33. The molecular weight excluding hydrogens is 270 g/mol. The lowest BCUT2D eigenvalue weighted by Gasteiger charge is -2.36. The molecule has 1 aliphatic heterocycles. The van der Waals surface area contributed by atoms with E-state index in [1.807, 2.05) is 13.2 Å². The summed E-state index contributed by atoms with van der Waals surface area (Å²) in [5, 5.41) is 3.15. The average Bonchev–Trinajstić information content (AvgIpc) is 2.56. The van der Waals surface area contributed by atoms with E-state index in [1.54, 1.807) is 0 Å². The molecule has 3 nitrogen and oxygen atoms in total. The summed E-state index contributed by atoms with van der Waals surface area (Å²) >= 11 is 0. The Morgan fingerprint density at radius 1 is 1.23 bits per heavy atom. The van der Waals surface area contributed by atoms with Gasteiger partial charge in [0.1, 0.15) is 5.82 Å². The second-order valence-electron chi connectivity index (χ2n) is 6.15. The number of hydrogen-bond donors (Lipinski definition) is 1. The first-order valence-electron chi connectivity index (χ1n) is 8.20. The molecule has 0 saturated carbocycles. The Morgan fingerprint density at radius 3 is 2.77 bits per heavy atom. The molecule has 2 heterocycles. The summed E-state index contributed by atoms with van der Waals surface area (Å²) in [5.74, 6) is 0.981. The fourth-order valence-electron chi connectivity index (χ4n) is 3.42. The fourth-order valence-corrected chi connectivity index (χ4v) is 3.42. The summed E-state index contributed by atoms with van der Waals surface area (Å²) in [5.41, 5.74) is 3.98. The number of pyridine rings is 1. The third-order valence-electron chi connectivity index (χ3n) is 4.56. The maximum absolute atomic E-state index is 4.58. The molecule has 22 heavy (non-hydrogen) atoms. The zero-order valence-electron chi connectivity index (χ0n) is 13.5. The summed E-state index contributed by atoms with van der Waals surface area (Å²) in [7, 11) is 1.93. The van der Waals surface area contributed by atoms with Gasteiger partial charge in [-0.1, -0.05) is 36.8 Å². The van der Waals surface area contributed by atoms with Crippen LogP contribution in [0.2, 0.25) is 0 Å². The molecule has 0 unspecified atom stereocenters. The van der Waals surface area contributed by atoms with Crippen molar-refractivity contribution >= 4 is 5.82 Å². The smallest absolute Gasteiger partial charge is 0.128 e. The lowest BCUT2D eigenvalue weighted by Crippen LogP contribution is -2.33. The monoisotopic (exact) mass is 295 g/mol. The molecule has 3 heteroatoms. The van der Waals surface area contributed by atoms with Gasteiger partial charge in [-0.25, -0.2) is 4.98 Å². The maximum Gasteiger partial charge on any atom is 0.128 e. The molecule has 0 bridgehead atoms. The van der Waals surface area contributed by atoms with Crippen LogP contribution in [0.1, 0.15) is 42.0 Å². The number of nitrogens with one attached hydrogen (secondary N) is 1. The van der Waals surface area contributed by atoms with Crippen LogP contribution in [-0.2, 0) is 6.54 Å². The van der Waals surface area contributed by atoms with E-state index < -0.39 is 0 Å². The first-order chi connectivity index (χ1) is 10.8. The molecule has 3 rings (SSSR count). The second-order valence-corrected chi connectivity index (χ2v) is 6.15. The Labute approximate surface area is 133 Å². The van der Waals surface area contributed by atoms with Gasteiger partial charge in [0.2, 0.25) is 0 Å². The van der Waals surface area contributed by atoms with Crippen molar-refractivity contribution in [2.45, 2.75) is 38.8 Å². The molecular formula is C19H25N3. The Kier molecular flexibility index (Phi) is 4.74. The average molecular weight is 295 g/mol. The van der Waals surface area contributed by atoms with Crippen LogP contribution in [0.3, 0.4) is 0 Å². The molecule has 0 spiro atoms. The zero-order valence-corrected chi connectivity index (χ0v) is 13.5. The molecule has 1 saturated heterocycles. The van der Waals surface area contributed by atoms with Crippen LogP contribution >= 0.6 is 0 Å². The lowest BCUT2D eigenvalue weighted by atomic mass is 9.95. The summed E-state index contributed by atoms with van der Waals surface area (Å²) in [6, 6.07) is 13.6. The van der Waals surface area contributed by atoms with Gasteiger partial charge < -0.3 is 5.32 Å². The van der Waals surface area contributed by atoms with Gasteiger partial charge in [-0.2, -0.15) is 0 Å². The standard InChI is InChI=1S/C19H25N3/c1-15-12-17(13-21-19(15)20-2)18-10-6-7-11-22(18)14-16-8-4-3-5-9-16/h3-5,8-9,12-13,18H,6-7,10-11,14H2,1-2H3,(H,20,21)/t18-/m1/s1. The van der Waals surface area contributed by atoms with Crippen molar-refractivity contribution in [3.63, 3.8) is 0 Å². The molecule has 1 atom stereocenters. The van der Waals surface area contributed by atoms with E-state index in [9.17, 15) is 0 Å². The predicted octanol–water partition coefficient (Wildman–Crippen LogP) is 4.16. The highest BCUT2D eigenvalue weighted by Crippen LogP contribution is 2.32. The van der Waals surface area contributed by atoms with Crippen molar-refractivity contribution in [3.05, 3.63) is 59.3 Å². The van der Waals surface area contributed by atoms with Crippen molar-refractivity contribution in [2.24, 2.45) is 0 Å². The molecule has 0 radical (unpaired) electrons. The zero-order chi connectivity index (χ0) is 15.4. The third-order valence-corrected chi connectivity index (χ3v) is 4.56. The van der Waals surface area contributed by atoms with Crippen molar-refractivity contribution in [1.29, 1.82) is 0 Å². The van der Waals surface area contributed by atoms with Crippen molar-refractivity contribution in [3.8, 4) is 0 Å². The van der Waals surface area contributed by atoms with Crippen molar-refractivity contribution in [1.82, 2.24) is 9.88 Å². The number of benzene rings is 1. The predicted molar refractivity (Wildman–Crippen MR) is 92.0 cm³/mol. The highest BCUT2D eigenvalue weighted by atomic mass is 15.2. The van der Waals surface area contributed by atoms with E-state index >= 15 is 0 Å². The number of nitrogens with zero attached hydrogens (tertiary/aromatic N) is 2. The third kappa shape index (κ3) is 3.30. The van der Waals surface area contributed by atoms with Gasteiger partial charge in [-0.3, -0.25) is 4.90 Å². The van der Waals surface area contributed by atoms with Crippen LogP contribution in [-0.4, -0.2) is 23.5 Å². The second kappa shape index (κ2) is 6.93. The highest BCUT2D eigenvalue weighted by Gasteiger charge is 2.24. The Bertz CT molecular complexity index is 609. The number of likely N-dealkylation sites (tertiary alicyclic amines) is 1. The Morgan fingerprint density at radius 2 is 2.05 bits per heavy atom. The topological polar surface area (TPSA) is 28.2 Å². The molecule has 0 amide bonds. The molecule has 1 fully saturated rings. The van der Waals surface area contributed by atoms with Gasteiger partial charge in [0.05, 0.1) is 0 Å². The number of rotatable bonds is 4. The minimum Gasteiger partial charge on any atom is -0.373 e. The van der Waals surface area contributed by atoms with E-state index in [0.717, 1.165) is 12.4 Å². The van der Waals surface area contributed by atoms with Gasteiger partial charge in [-0.15, -0.1) is 0 Å². The number of aryl methyl sites for hydroxylation is 1. The molecule has 1 N–H and O–H groups in total. The van der Waals surface area contributed by atoms with Crippen molar-refractivity contribution in [2.75, 3.05) is 18.9 Å². The number of piperidine rings is 1. The van der Waals surface area contributed by atoms with Gasteiger partial charge in [0.25, 0.3) is 0 Å². The molecule has 116 valence electrons. The quantitative estimate of drug-likeness (QED) is 0.918. The van der Waals surface area contributed by atoms with Crippen molar-refractivity contribution < 1.29 is 0 Å². The number of anilines is 1. The maximum atomic E-state index is 4.58. The molecule has 2 aromatic rings. The van der Waals surface area contributed by atoms with Crippen LogP contribution in [0.15, 0.2) is 42.6 Å². The Balaban J connectivity index is 1.81. The van der Waals surface area contributed by atoms with Crippen LogP contribution in [0.25, 0.3) is 0 Å². The first-order valence-corrected chi connectivity index (χ1v) is 8.20. The van der Waals surface area contributed by atoms with E-state index in [-0.39, 0.29) is 0 Å². The van der Waals surface area contributed by atoms with E-state index in [2.05, 4.69) is 58.5 Å². The Hall–Kier alpha value is -1.87. The van der Waals surface area contributed by atoms with E-state index in [1.165, 1.54) is 42.5 Å². The van der Waals surface area contributed by atoms with Crippen LogP contribution in [0, 0.1) is 6.92 Å². The normalized spacial score (nSPS) is 19.1. The SMILES string of the molecule is CNc1ncc([C@H]2CCCCN2Cc2ccccc2)cc1C. The van der Waals surface area contributed by atoms with Gasteiger partial charge in [0.15, 0.2) is 0 Å². The summed E-state index contributed by atoms with van der Waals surface area (Å²) < 4.78 is 0. The van der Waals surface area contributed by atoms with Gasteiger partial charge >= 0.3 is 0 Å². The minimum absolute atomic E-state index is 0.492. The fraction of sp³-hybridized carbons (Fsp3) is 0.421. The summed E-state index contributed by atoms with van der Waals surface area (Å²) in [6.07, 6.45) is 5.88. The highest BCUT2D eigenvalue weighted by molar-refractivity contribution is 5.44. The molecule has 1 aromatic heterocycles. The molecule has 1 aromatic carbocycles. The molecule has 0 aliphatic carbocycles. The number of aromatic nitrogens is 1. The largest absolute Gasteiger partial charge is 0.373 e. The van der Waals surface area contributed by atoms with E-state index in [0.29, 0.717) is 6.04 Å². The van der Waals surface area contributed by atoms with Crippen LogP contribution in [0.5, 0.6) is 0 Å². The van der Waals surface area contributed by atoms with Crippen LogP contribution in [0.4, 0.5) is 5.82 Å². The number of hydrogen-bond acceptors (Lipinski definition) is 3. The first kappa shape index (κ1) is 15.0. The summed E-state index contributed by atoms with van der Waals surface area (Å²) in [4.78, 5) is 7.18. The van der Waals surface area contributed by atoms with Gasteiger partial charge in [0, 0.05) is 25.8 Å². The van der Waals surface area contributed by atoms with Gasteiger partial charge in [-0.05, 0) is 49.1 Å². The minimum atomic E-state index is 0.492. The van der Waals surface area contributed by atoms with E-state index in [4.69, 9.17) is 0 Å². The van der Waals surface area contributed by atoms with Crippen LogP contribution < -0.4 is 5.32 Å².